The zero-order valence-electron chi connectivity index (χ0n) is 19.8. The molecule has 0 bridgehead atoms. The summed E-state index contributed by atoms with van der Waals surface area (Å²) in [6, 6.07) is 17.2. The first kappa shape index (κ1) is 26.8. The molecule has 0 heterocycles. The van der Waals surface area contributed by atoms with Gasteiger partial charge in [-0.25, -0.2) is 0 Å². The Morgan fingerprint density at radius 2 is 0.968 bits per heavy atom. The largest absolute Gasteiger partial charge is 0.304 e. The van der Waals surface area contributed by atoms with Crippen LogP contribution in [0, 0.1) is 0 Å². The summed E-state index contributed by atoms with van der Waals surface area (Å²) < 4.78 is 0. The lowest BCUT2D eigenvalue weighted by atomic mass is 10.0. The van der Waals surface area contributed by atoms with Crippen LogP contribution in [0.5, 0.6) is 0 Å². The second-order valence-corrected chi connectivity index (χ2v) is 7.89. The average Bonchev–Trinajstić information content (AvgIpc) is 2.84. The summed E-state index contributed by atoms with van der Waals surface area (Å²) in [5, 5.41) is 0. The van der Waals surface area contributed by atoms with E-state index in [1.165, 1.54) is 71.0 Å². The van der Waals surface area contributed by atoms with E-state index in [4.69, 9.17) is 0 Å². The van der Waals surface area contributed by atoms with Crippen LogP contribution in [0.3, 0.4) is 0 Å². The van der Waals surface area contributed by atoms with Gasteiger partial charge in [0.1, 0.15) is 0 Å². The predicted octanol–water partition coefficient (Wildman–Crippen LogP) is 7.22. The minimum Gasteiger partial charge on any atom is -0.304 e. The van der Waals surface area contributed by atoms with E-state index < -0.39 is 11.6 Å². The molecule has 2 aromatic rings. The Morgan fingerprint density at radius 1 is 0.581 bits per heavy atom. The highest BCUT2D eigenvalue weighted by molar-refractivity contribution is 6.49. The SMILES string of the molecule is CCCCCCCCCCN(CC)CC.O=C(C(=O)c1ccccc1)c1ccccc1. The number of nitrogens with zero attached hydrogens (tertiary/aromatic N) is 1. The smallest absolute Gasteiger partial charge is 0.233 e. The van der Waals surface area contributed by atoms with E-state index >= 15 is 0 Å². The topological polar surface area (TPSA) is 37.4 Å². The summed E-state index contributed by atoms with van der Waals surface area (Å²) in [6.07, 6.45) is 11.4. The fourth-order valence-corrected chi connectivity index (χ4v) is 3.45. The van der Waals surface area contributed by atoms with Gasteiger partial charge in [-0.2, -0.15) is 0 Å². The zero-order valence-corrected chi connectivity index (χ0v) is 19.8. The van der Waals surface area contributed by atoms with E-state index in [9.17, 15) is 9.59 Å². The van der Waals surface area contributed by atoms with Gasteiger partial charge in [-0.3, -0.25) is 9.59 Å². The molecule has 0 saturated carbocycles. The highest BCUT2D eigenvalue weighted by Crippen LogP contribution is 2.09. The quantitative estimate of drug-likeness (QED) is 0.183. The maximum atomic E-state index is 11.8. The van der Waals surface area contributed by atoms with Crippen molar-refractivity contribution >= 4 is 11.6 Å². The van der Waals surface area contributed by atoms with Crippen LogP contribution >= 0.6 is 0 Å². The van der Waals surface area contributed by atoms with Crippen molar-refractivity contribution in [3.8, 4) is 0 Å². The Balaban J connectivity index is 0.000000311. The van der Waals surface area contributed by atoms with Crippen LogP contribution in [0.1, 0.15) is 92.9 Å². The number of carbonyl (C=O) groups excluding carboxylic acids is 2. The first-order valence-corrected chi connectivity index (χ1v) is 12.0. The number of hydrogen-bond acceptors (Lipinski definition) is 3. The van der Waals surface area contributed by atoms with E-state index in [1.807, 2.05) is 12.1 Å². The Hall–Kier alpha value is -2.26. The van der Waals surface area contributed by atoms with Crippen LogP contribution in [-0.4, -0.2) is 36.1 Å². The third kappa shape index (κ3) is 11.6. The van der Waals surface area contributed by atoms with Gasteiger partial charge in [0, 0.05) is 11.1 Å². The molecular formula is C28H41NO2. The fourth-order valence-electron chi connectivity index (χ4n) is 3.45. The van der Waals surface area contributed by atoms with Gasteiger partial charge >= 0.3 is 0 Å². The number of carbonyl (C=O) groups is 2. The van der Waals surface area contributed by atoms with Gasteiger partial charge in [-0.05, 0) is 26.1 Å². The number of ketones is 2. The molecule has 31 heavy (non-hydrogen) atoms. The average molecular weight is 424 g/mol. The van der Waals surface area contributed by atoms with Gasteiger partial charge in [0.05, 0.1) is 0 Å². The highest BCUT2D eigenvalue weighted by atomic mass is 16.2. The molecule has 0 unspecified atom stereocenters. The van der Waals surface area contributed by atoms with Crippen molar-refractivity contribution < 1.29 is 9.59 Å². The molecule has 0 atom stereocenters. The highest BCUT2D eigenvalue weighted by Gasteiger charge is 2.17. The van der Waals surface area contributed by atoms with Crippen molar-refractivity contribution in [2.45, 2.75) is 72.1 Å². The summed E-state index contributed by atoms with van der Waals surface area (Å²) in [5.74, 6) is -0.932. The van der Waals surface area contributed by atoms with Crippen molar-refractivity contribution in [1.29, 1.82) is 0 Å². The van der Waals surface area contributed by atoms with Gasteiger partial charge < -0.3 is 4.90 Å². The standard InChI is InChI=1S/C14H31N.C14H10O2/c1-4-7-8-9-10-11-12-13-14-15(5-2)6-3;15-13(11-7-3-1-4-8-11)14(16)12-9-5-2-6-10-12/h4-14H2,1-3H3;1-10H. The summed E-state index contributed by atoms with van der Waals surface area (Å²) in [4.78, 5) is 26.1. The van der Waals surface area contributed by atoms with E-state index in [2.05, 4.69) is 25.7 Å². The van der Waals surface area contributed by atoms with Crippen molar-refractivity contribution in [1.82, 2.24) is 4.90 Å². The van der Waals surface area contributed by atoms with Crippen LogP contribution in [0.2, 0.25) is 0 Å². The predicted molar refractivity (Wildman–Crippen MR) is 132 cm³/mol. The lowest BCUT2D eigenvalue weighted by Crippen LogP contribution is -2.23. The molecule has 0 spiro atoms. The van der Waals surface area contributed by atoms with E-state index in [0.717, 1.165) is 0 Å². The van der Waals surface area contributed by atoms with Crippen LogP contribution in [0.15, 0.2) is 60.7 Å². The summed E-state index contributed by atoms with van der Waals surface area (Å²) in [7, 11) is 0. The van der Waals surface area contributed by atoms with Gasteiger partial charge in [-0.15, -0.1) is 0 Å². The van der Waals surface area contributed by atoms with Crippen molar-refractivity contribution in [3.05, 3.63) is 71.8 Å². The van der Waals surface area contributed by atoms with Crippen molar-refractivity contribution in [2.24, 2.45) is 0 Å². The van der Waals surface area contributed by atoms with Gasteiger partial charge in [-0.1, -0.05) is 126 Å². The number of Topliss-reactive ketones (excluding diaryl/α,β-unsaturated/α-hetero) is 2. The Kier molecular flexibility index (Phi) is 15.0. The lowest BCUT2D eigenvalue weighted by molar-refractivity contribution is 0.0817. The first-order valence-electron chi connectivity index (χ1n) is 12.0. The van der Waals surface area contributed by atoms with Gasteiger partial charge in [0.2, 0.25) is 11.6 Å². The lowest BCUT2D eigenvalue weighted by Gasteiger charge is -2.17. The molecule has 3 heteroatoms. The number of benzene rings is 2. The molecule has 3 nitrogen and oxygen atoms in total. The molecule has 0 fully saturated rings. The van der Waals surface area contributed by atoms with Crippen molar-refractivity contribution in [3.63, 3.8) is 0 Å². The summed E-state index contributed by atoms with van der Waals surface area (Å²) in [6.45, 7) is 10.5. The second kappa shape index (κ2) is 17.4. The monoisotopic (exact) mass is 423 g/mol. The van der Waals surface area contributed by atoms with Gasteiger partial charge in [0.15, 0.2) is 0 Å². The molecule has 170 valence electrons. The molecule has 0 aliphatic heterocycles. The minimum absolute atomic E-state index is 0.427. The van der Waals surface area contributed by atoms with Crippen LogP contribution < -0.4 is 0 Å². The molecule has 2 aromatic carbocycles. The Labute approximate surface area is 189 Å². The third-order valence-corrected chi connectivity index (χ3v) is 5.50. The van der Waals surface area contributed by atoms with Crippen LogP contribution in [0.4, 0.5) is 0 Å². The van der Waals surface area contributed by atoms with E-state index in [-0.39, 0.29) is 0 Å². The molecule has 0 radical (unpaired) electrons. The molecule has 0 aromatic heterocycles. The molecule has 0 N–H and O–H groups in total. The normalized spacial score (nSPS) is 10.5. The minimum atomic E-state index is -0.466. The third-order valence-electron chi connectivity index (χ3n) is 5.50. The van der Waals surface area contributed by atoms with E-state index in [0.29, 0.717) is 11.1 Å². The fraction of sp³-hybridized carbons (Fsp3) is 0.500. The van der Waals surface area contributed by atoms with Crippen LogP contribution in [-0.2, 0) is 0 Å². The number of unbranched alkanes of at least 4 members (excludes halogenated alkanes) is 7. The Bertz CT molecular complexity index is 659. The van der Waals surface area contributed by atoms with Crippen molar-refractivity contribution in [2.75, 3.05) is 19.6 Å². The van der Waals surface area contributed by atoms with Gasteiger partial charge in [0.25, 0.3) is 0 Å². The molecule has 0 aliphatic carbocycles. The Morgan fingerprint density at radius 3 is 1.35 bits per heavy atom. The van der Waals surface area contributed by atoms with Crippen LogP contribution in [0.25, 0.3) is 0 Å². The number of rotatable bonds is 14. The molecule has 0 amide bonds. The molecule has 2 rings (SSSR count). The molecular weight excluding hydrogens is 382 g/mol. The van der Waals surface area contributed by atoms with E-state index in [1.54, 1.807) is 48.5 Å². The maximum absolute atomic E-state index is 11.8. The zero-order chi connectivity index (χ0) is 22.7. The number of hydrogen-bond donors (Lipinski definition) is 0. The molecule has 0 saturated heterocycles. The second-order valence-electron chi connectivity index (χ2n) is 7.89. The maximum Gasteiger partial charge on any atom is 0.233 e. The first-order chi connectivity index (χ1) is 15.1. The summed E-state index contributed by atoms with van der Waals surface area (Å²) in [5.41, 5.74) is 0.854. The molecule has 0 aliphatic rings. The summed E-state index contributed by atoms with van der Waals surface area (Å²) >= 11 is 0.